The number of nitriles is 1. The summed E-state index contributed by atoms with van der Waals surface area (Å²) in [7, 11) is 0. The highest BCUT2D eigenvalue weighted by molar-refractivity contribution is 5.85. The molecule has 0 aliphatic carbocycles. The van der Waals surface area contributed by atoms with E-state index >= 15 is 0 Å². The third-order valence-corrected chi connectivity index (χ3v) is 2.95. The maximum atomic E-state index is 11.8. The van der Waals surface area contributed by atoms with Crippen LogP contribution in [0, 0.1) is 16.7 Å². The van der Waals surface area contributed by atoms with Crippen LogP contribution in [0.3, 0.4) is 0 Å². The molecule has 0 saturated carbocycles. The fourth-order valence-corrected chi connectivity index (χ4v) is 1.49. The predicted molar refractivity (Wildman–Crippen MR) is 56.0 cm³/mol. The second-order valence-electron chi connectivity index (χ2n) is 4.18. The van der Waals surface area contributed by atoms with E-state index in [0.29, 0.717) is 13.0 Å². The van der Waals surface area contributed by atoms with Gasteiger partial charge in [-0.2, -0.15) is 5.26 Å². The molecule has 0 aromatic heterocycles. The molecule has 84 valence electrons. The lowest BCUT2D eigenvalue weighted by Gasteiger charge is -2.27. The highest BCUT2D eigenvalue weighted by atomic mass is 16.5. The first-order valence-corrected chi connectivity index (χ1v) is 5.42. The van der Waals surface area contributed by atoms with Gasteiger partial charge in [0.25, 0.3) is 0 Å². The van der Waals surface area contributed by atoms with Gasteiger partial charge in [-0.25, -0.2) is 0 Å². The number of carbonyl (C=O) groups excluding carboxylic acids is 1. The van der Waals surface area contributed by atoms with Gasteiger partial charge in [-0.1, -0.05) is 6.92 Å². The van der Waals surface area contributed by atoms with E-state index in [-0.39, 0.29) is 11.9 Å². The van der Waals surface area contributed by atoms with Crippen LogP contribution in [0.4, 0.5) is 0 Å². The van der Waals surface area contributed by atoms with E-state index in [9.17, 15) is 4.79 Å². The molecule has 4 nitrogen and oxygen atoms in total. The topological polar surface area (TPSA) is 62.1 Å². The fourth-order valence-electron chi connectivity index (χ4n) is 1.49. The van der Waals surface area contributed by atoms with Crippen LogP contribution in [0.5, 0.6) is 0 Å². The van der Waals surface area contributed by atoms with Crippen LogP contribution in [0.2, 0.25) is 0 Å². The number of nitrogens with zero attached hydrogens (tertiary/aromatic N) is 1. The summed E-state index contributed by atoms with van der Waals surface area (Å²) < 4.78 is 5.27. The minimum absolute atomic E-state index is 0.0745. The van der Waals surface area contributed by atoms with Gasteiger partial charge in [0.2, 0.25) is 5.91 Å². The number of hydrogen-bond donors (Lipinski definition) is 1. The first-order chi connectivity index (χ1) is 7.12. The third kappa shape index (κ3) is 2.93. The molecule has 15 heavy (non-hydrogen) atoms. The van der Waals surface area contributed by atoms with Crippen molar-refractivity contribution in [3.05, 3.63) is 0 Å². The smallest absolute Gasteiger partial charge is 0.240 e. The molecule has 1 aliphatic heterocycles. The normalized spacial score (nSPS) is 25.0. The Labute approximate surface area is 90.6 Å². The molecule has 2 unspecified atom stereocenters. The van der Waals surface area contributed by atoms with Gasteiger partial charge in [0.15, 0.2) is 0 Å². The molecule has 1 fully saturated rings. The second-order valence-corrected chi connectivity index (χ2v) is 4.18. The summed E-state index contributed by atoms with van der Waals surface area (Å²) in [6.07, 6.45) is 2.44. The predicted octanol–water partition coefficient (Wildman–Crippen LogP) is 1.22. The van der Waals surface area contributed by atoms with Crippen molar-refractivity contribution in [2.24, 2.45) is 5.41 Å². The van der Waals surface area contributed by atoms with Crippen molar-refractivity contribution in [1.29, 1.82) is 5.26 Å². The molecule has 1 saturated heterocycles. The van der Waals surface area contributed by atoms with Gasteiger partial charge in [-0.05, 0) is 26.2 Å². The molecular weight excluding hydrogens is 192 g/mol. The van der Waals surface area contributed by atoms with Gasteiger partial charge in [-0.15, -0.1) is 0 Å². The average Bonchev–Trinajstić information content (AvgIpc) is 2.29. The lowest BCUT2D eigenvalue weighted by atomic mass is 9.88. The Kier molecular flexibility index (Phi) is 4.10. The Morgan fingerprint density at radius 1 is 1.73 bits per heavy atom. The standard InChI is InChI=1S/C11H18N2O2/c1-3-11(2,8-12)10(14)13-9-5-4-6-15-7-9/h9H,3-7H2,1-2H3,(H,13,14). The zero-order valence-corrected chi connectivity index (χ0v) is 9.38. The van der Waals surface area contributed by atoms with E-state index in [1.807, 2.05) is 6.92 Å². The van der Waals surface area contributed by atoms with Crippen LogP contribution < -0.4 is 5.32 Å². The molecular formula is C11H18N2O2. The average molecular weight is 210 g/mol. The van der Waals surface area contributed by atoms with E-state index in [1.54, 1.807) is 6.92 Å². The van der Waals surface area contributed by atoms with Crippen LogP contribution in [-0.4, -0.2) is 25.2 Å². The third-order valence-electron chi connectivity index (χ3n) is 2.95. The molecule has 0 aromatic rings. The van der Waals surface area contributed by atoms with Crippen molar-refractivity contribution in [3.8, 4) is 6.07 Å². The molecule has 0 bridgehead atoms. The number of rotatable bonds is 3. The van der Waals surface area contributed by atoms with Crippen LogP contribution in [0.15, 0.2) is 0 Å². The summed E-state index contributed by atoms with van der Waals surface area (Å²) in [6.45, 7) is 4.86. The summed E-state index contributed by atoms with van der Waals surface area (Å²) in [5, 5.41) is 11.8. The molecule has 1 aliphatic rings. The molecule has 0 radical (unpaired) electrons. The summed E-state index contributed by atoms with van der Waals surface area (Å²) in [5.41, 5.74) is -0.905. The monoisotopic (exact) mass is 210 g/mol. The van der Waals surface area contributed by atoms with E-state index in [4.69, 9.17) is 10.00 Å². The Hall–Kier alpha value is -1.08. The number of amides is 1. The maximum Gasteiger partial charge on any atom is 0.240 e. The number of ether oxygens (including phenoxy) is 1. The second kappa shape index (κ2) is 5.13. The van der Waals surface area contributed by atoms with Crippen molar-refractivity contribution < 1.29 is 9.53 Å². The first kappa shape index (κ1) is 12.0. The lowest BCUT2D eigenvalue weighted by Crippen LogP contribution is -2.46. The first-order valence-electron chi connectivity index (χ1n) is 5.42. The van der Waals surface area contributed by atoms with E-state index < -0.39 is 5.41 Å². The van der Waals surface area contributed by atoms with Gasteiger partial charge in [0, 0.05) is 6.61 Å². The van der Waals surface area contributed by atoms with E-state index in [2.05, 4.69) is 11.4 Å². The molecule has 1 N–H and O–H groups in total. The van der Waals surface area contributed by atoms with E-state index in [0.717, 1.165) is 19.4 Å². The molecule has 0 aromatic carbocycles. The molecule has 1 heterocycles. The van der Waals surface area contributed by atoms with Crippen molar-refractivity contribution in [3.63, 3.8) is 0 Å². The van der Waals surface area contributed by atoms with Gasteiger partial charge in [0.05, 0.1) is 18.7 Å². The Morgan fingerprint density at radius 2 is 2.47 bits per heavy atom. The van der Waals surface area contributed by atoms with Gasteiger partial charge < -0.3 is 10.1 Å². The zero-order chi connectivity index (χ0) is 11.3. The molecule has 0 spiro atoms. The Bertz CT molecular complexity index is 266. The number of hydrogen-bond acceptors (Lipinski definition) is 3. The van der Waals surface area contributed by atoms with Crippen molar-refractivity contribution in [2.75, 3.05) is 13.2 Å². The minimum atomic E-state index is -0.905. The summed E-state index contributed by atoms with van der Waals surface area (Å²) in [5.74, 6) is -0.178. The minimum Gasteiger partial charge on any atom is -0.379 e. The Balaban J connectivity index is 2.50. The largest absolute Gasteiger partial charge is 0.379 e. The number of nitrogens with one attached hydrogen (secondary N) is 1. The van der Waals surface area contributed by atoms with Crippen LogP contribution >= 0.6 is 0 Å². The molecule has 1 rings (SSSR count). The van der Waals surface area contributed by atoms with Crippen molar-refractivity contribution in [1.82, 2.24) is 5.32 Å². The van der Waals surface area contributed by atoms with Crippen molar-refractivity contribution in [2.45, 2.75) is 39.2 Å². The zero-order valence-electron chi connectivity index (χ0n) is 9.38. The molecule has 2 atom stereocenters. The van der Waals surface area contributed by atoms with Crippen LogP contribution in [0.25, 0.3) is 0 Å². The highest BCUT2D eigenvalue weighted by Crippen LogP contribution is 2.20. The van der Waals surface area contributed by atoms with E-state index in [1.165, 1.54) is 0 Å². The van der Waals surface area contributed by atoms with Crippen LogP contribution in [-0.2, 0) is 9.53 Å². The Morgan fingerprint density at radius 3 is 2.93 bits per heavy atom. The highest BCUT2D eigenvalue weighted by Gasteiger charge is 2.32. The summed E-state index contributed by atoms with van der Waals surface area (Å²) in [4.78, 5) is 11.8. The molecule has 4 heteroatoms. The van der Waals surface area contributed by atoms with Gasteiger partial charge >= 0.3 is 0 Å². The SMILES string of the molecule is CCC(C)(C#N)C(=O)NC1CCCOC1. The molecule has 1 amide bonds. The lowest BCUT2D eigenvalue weighted by molar-refractivity contribution is -0.129. The number of carbonyl (C=O) groups is 1. The van der Waals surface area contributed by atoms with Crippen LogP contribution in [0.1, 0.15) is 33.1 Å². The van der Waals surface area contributed by atoms with Crippen molar-refractivity contribution >= 4 is 5.91 Å². The quantitative estimate of drug-likeness (QED) is 0.761. The fraction of sp³-hybridized carbons (Fsp3) is 0.818. The van der Waals surface area contributed by atoms with Gasteiger partial charge in [0.1, 0.15) is 5.41 Å². The summed E-state index contributed by atoms with van der Waals surface area (Å²) >= 11 is 0. The summed E-state index contributed by atoms with van der Waals surface area (Å²) in [6, 6.07) is 2.14. The maximum absolute atomic E-state index is 11.8. The van der Waals surface area contributed by atoms with Gasteiger partial charge in [-0.3, -0.25) is 4.79 Å².